The van der Waals surface area contributed by atoms with E-state index < -0.39 is 5.97 Å². The third kappa shape index (κ3) is 5.06. The quantitative estimate of drug-likeness (QED) is 0.742. The highest BCUT2D eigenvalue weighted by Crippen LogP contribution is 2.32. The third-order valence-corrected chi connectivity index (χ3v) is 2.88. The van der Waals surface area contributed by atoms with E-state index in [1.54, 1.807) is 0 Å². The van der Waals surface area contributed by atoms with Gasteiger partial charge in [-0.05, 0) is 31.6 Å². The second-order valence-corrected chi connectivity index (χ2v) is 5.24. The fraction of sp³-hybridized carbons (Fsp3) is 0.833. The zero-order valence-corrected chi connectivity index (χ0v) is 10.8. The molecule has 0 aliphatic heterocycles. The molecule has 1 atom stereocenters. The van der Waals surface area contributed by atoms with E-state index in [0.29, 0.717) is 12.5 Å². The molecule has 2 N–H and O–H groups in total. The van der Waals surface area contributed by atoms with Gasteiger partial charge in [-0.2, -0.15) is 0 Å². The first-order chi connectivity index (χ1) is 7.90. The van der Waals surface area contributed by atoms with E-state index in [0.717, 1.165) is 12.8 Å². The standard InChI is InChI=1S/C12H22N2O3/c1-8(2)6-14(7-11(15)16)12(17)13-9(3)10-4-5-10/h8-10H,4-7H2,1-3H3,(H,13,17)(H,15,16). The number of carboxylic acids is 1. The zero-order chi connectivity index (χ0) is 13.0. The van der Waals surface area contributed by atoms with Gasteiger partial charge in [0, 0.05) is 12.6 Å². The molecule has 0 radical (unpaired) electrons. The van der Waals surface area contributed by atoms with Crippen molar-refractivity contribution in [2.24, 2.45) is 11.8 Å². The van der Waals surface area contributed by atoms with E-state index >= 15 is 0 Å². The van der Waals surface area contributed by atoms with Gasteiger partial charge in [0.15, 0.2) is 0 Å². The summed E-state index contributed by atoms with van der Waals surface area (Å²) in [6.07, 6.45) is 2.31. The van der Waals surface area contributed by atoms with Gasteiger partial charge in [-0.1, -0.05) is 13.8 Å². The van der Waals surface area contributed by atoms with Gasteiger partial charge in [-0.3, -0.25) is 4.79 Å². The number of urea groups is 1. The summed E-state index contributed by atoms with van der Waals surface area (Å²) in [6.45, 7) is 6.14. The smallest absolute Gasteiger partial charge is 0.323 e. The number of hydrogen-bond acceptors (Lipinski definition) is 2. The maximum Gasteiger partial charge on any atom is 0.323 e. The molecule has 1 aliphatic rings. The summed E-state index contributed by atoms with van der Waals surface area (Å²) in [5.41, 5.74) is 0. The van der Waals surface area contributed by atoms with Gasteiger partial charge in [0.1, 0.15) is 6.54 Å². The lowest BCUT2D eigenvalue weighted by Gasteiger charge is -2.25. The maximum atomic E-state index is 11.9. The Labute approximate surface area is 102 Å². The van der Waals surface area contributed by atoms with Crippen LogP contribution in [0.1, 0.15) is 33.6 Å². The predicted octanol–water partition coefficient (Wildman–Crippen LogP) is 1.54. The van der Waals surface area contributed by atoms with Crippen LogP contribution >= 0.6 is 0 Å². The Morgan fingerprint density at radius 1 is 1.35 bits per heavy atom. The Bertz CT molecular complexity index is 287. The molecule has 0 aromatic rings. The molecule has 1 fully saturated rings. The fourth-order valence-electron chi connectivity index (χ4n) is 1.82. The van der Waals surface area contributed by atoms with Crippen molar-refractivity contribution in [3.8, 4) is 0 Å². The van der Waals surface area contributed by atoms with Crippen LogP contribution in [0.3, 0.4) is 0 Å². The molecular weight excluding hydrogens is 220 g/mol. The first-order valence-corrected chi connectivity index (χ1v) is 6.17. The molecule has 1 saturated carbocycles. The minimum absolute atomic E-state index is 0.144. The Hall–Kier alpha value is -1.26. The highest BCUT2D eigenvalue weighted by Gasteiger charge is 2.30. The number of hydrogen-bond donors (Lipinski definition) is 2. The van der Waals surface area contributed by atoms with Gasteiger partial charge in [0.2, 0.25) is 0 Å². The van der Waals surface area contributed by atoms with Crippen LogP contribution in [0, 0.1) is 11.8 Å². The molecular formula is C12H22N2O3. The summed E-state index contributed by atoms with van der Waals surface area (Å²) in [7, 11) is 0. The Kier molecular flexibility index (Phi) is 4.78. The molecule has 0 saturated heterocycles. The van der Waals surface area contributed by atoms with E-state index in [4.69, 9.17) is 5.11 Å². The van der Waals surface area contributed by atoms with Gasteiger partial charge < -0.3 is 15.3 Å². The van der Waals surface area contributed by atoms with Gasteiger partial charge in [-0.15, -0.1) is 0 Å². The molecule has 17 heavy (non-hydrogen) atoms. The number of amides is 2. The molecule has 0 spiro atoms. The van der Waals surface area contributed by atoms with E-state index in [1.807, 2.05) is 20.8 Å². The van der Waals surface area contributed by atoms with Crippen LogP contribution < -0.4 is 5.32 Å². The topological polar surface area (TPSA) is 69.6 Å². The van der Waals surface area contributed by atoms with E-state index in [9.17, 15) is 9.59 Å². The van der Waals surface area contributed by atoms with Crippen molar-refractivity contribution >= 4 is 12.0 Å². The number of carbonyl (C=O) groups excluding carboxylic acids is 1. The van der Waals surface area contributed by atoms with E-state index in [-0.39, 0.29) is 24.5 Å². The van der Waals surface area contributed by atoms with Crippen LogP contribution in [0.4, 0.5) is 4.79 Å². The number of carbonyl (C=O) groups is 2. The summed E-state index contributed by atoms with van der Waals surface area (Å²) in [5, 5.41) is 11.7. The lowest BCUT2D eigenvalue weighted by molar-refractivity contribution is -0.137. The van der Waals surface area contributed by atoms with Crippen molar-refractivity contribution in [1.29, 1.82) is 0 Å². The van der Waals surface area contributed by atoms with Crippen molar-refractivity contribution in [1.82, 2.24) is 10.2 Å². The van der Waals surface area contributed by atoms with Crippen molar-refractivity contribution in [3.05, 3.63) is 0 Å². The molecule has 2 amide bonds. The van der Waals surface area contributed by atoms with Crippen molar-refractivity contribution < 1.29 is 14.7 Å². The van der Waals surface area contributed by atoms with Gasteiger partial charge in [-0.25, -0.2) is 4.79 Å². The van der Waals surface area contributed by atoms with Gasteiger partial charge in [0.25, 0.3) is 0 Å². The van der Waals surface area contributed by atoms with Crippen LogP contribution in [0.15, 0.2) is 0 Å². The Morgan fingerprint density at radius 3 is 2.35 bits per heavy atom. The molecule has 1 unspecified atom stereocenters. The average molecular weight is 242 g/mol. The molecule has 0 aromatic carbocycles. The Balaban J connectivity index is 2.48. The summed E-state index contributed by atoms with van der Waals surface area (Å²) in [4.78, 5) is 24.0. The van der Waals surface area contributed by atoms with Crippen molar-refractivity contribution in [2.75, 3.05) is 13.1 Å². The molecule has 0 bridgehead atoms. The fourth-order valence-corrected chi connectivity index (χ4v) is 1.82. The monoisotopic (exact) mass is 242 g/mol. The predicted molar refractivity (Wildman–Crippen MR) is 64.8 cm³/mol. The molecule has 98 valence electrons. The molecule has 0 aromatic heterocycles. The Morgan fingerprint density at radius 2 is 1.94 bits per heavy atom. The summed E-state index contributed by atoms with van der Waals surface area (Å²) in [6, 6.07) is -0.119. The number of nitrogens with zero attached hydrogens (tertiary/aromatic N) is 1. The van der Waals surface area contributed by atoms with Crippen LogP contribution in [0.2, 0.25) is 0 Å². The summed E-state index contributed by atoms with van der Waals surface area (Å²) < 4.78 is 0. The number of nitrogens with one attached hydrogen (secondary N) is 1. The summed E-state index contributed by atoms with van der Waals surface area (Å²) in [5.74, 6) is -0.138. The highest BCUT2D eigenvalue weighted by atomic mass is 16.4. The lowest BCUT2D eigenvalue weighted by Crippen LogP contribution is -2.47. The number of carboxylic acid groups (broad SMARTS) is 1. The van der Waals surface area contributed by atoms with Crippen LogP contribution in [0.5, 0.6) is 0 Å². The van der Waals surface area contributed by atoms with Gasteiger partial charge in [0.05, 0.1) is 0 Å². The van der Waals surface area contributed by atoms with Crippen LogP contribution in [-0.4, -0.2) is 41.1 Å². The first kappa shape index (κ1) is 13.8. The van der Waals surface area contributed by atoms with Gasteiger partial charge >= 0.3 is 12.0 Å². The second kappa shape index (κ2) is 5.89. The molecule has 1 aliphatic carbocycles. The van der Waals surface area contributed by atoms with Crippen LogP contribution in [0.25, 0.3) is 0 Å². The summed E-state index contributed by atoms with van der Waals surface area (Å²) >= 11 is 0. The molecule has 5 heteroatoms. The molecule has 0 heterocycles. The minimum Gasteiger partial charge on any atom is -0.480 e. The van der Waals surface area contributed by atoms with E-state index in [1.165, 1.54) is 4.90 Å². The zero-order valence-electron chi connectivity index (χ0n) is 10.8. The largest absolute Gasteiger partial charge is 0.480 e. The average Bonchev–Trinajstić information content (AvgIpc) is 2.97. The highest BCUT2D eigenvalue weighted by molar-refractivity contribution is 5.80. The first-order valence-electron chi connectivity index (χ1n) is 6.17. The van der Waals surface area contributed by atoms with Crippen LogP contribution in [-0.2, 0) is 4.79 Å². The van der Waals surface area contributed by atoms with Crippen molar-refractivity contribution in [2.45, 2.75) is 39.7 Å². The molecule has 5 nitrogen and oxygen atoms in total. The lowest BCUT2D eigenvalue weighted by atomic mass is 10.2. The maximum absolute atomic E-state index is 11.9. The normalized spacial score (nSPS) is 16.7. The number of rotatable bonds is 6. The second-order valence-electron chi connectivity index (χ2n) is 5.24. The van der Waals surface area contributed by atoms with E-state index in [2.05, 4.69) is 5.32 Å². The number of aliphatic carboxylic acids is 1. The SMILES string of the molecule is CC(C)CN(CC(=O)O)C(=O)NC(C)C1CC1. The molecule has 1 rings (SSSR count). The van der Waals surface area contributed by atoms with Crippen molar-refractivity contribution in [3.63, 3.8) is 0 Å². The minimum atomic E-state index is -0.972. The third-order valence-electron chi connectivity index (χ3n) is 2.88.